The lowest BCUT2D eigenvalue weighted by atomic mass is 9.90. The number of hydrogen-bond acceptors (Lipinski definition) is 3. The second-order valence-corrected chi connectivity index (χ2v) is 4.30. The summed E-state index contributed by atoms with van der Waals surface area (Å²) in [7, 11) is 1.72. The summed E-state index contributed by atoms with van der Waals surface area (Å²) in [5.74, 6) is 1.57. The van der Waals surface area contributed by atoms with Crippen molar-refractivity contribution in [1.82, 2.24) is 5.32 Å². The summed E-state index contributed by atoms with van der Waals surface area (Å²) in [5, 5.41) is 7.05. The molecule has 2 aliphatic heterocycles. The summed E-state index contributed by atoms with van der Waals surface area (Å²) in [5.41, 5.74) is 2.70. The number of methoxy groups -OCH3 is 1. The third kappa shape index (κ3) is 1.38. The summed E-state index contributed by atoms with van der Waals surface area (Å²) in [6.07, 6.45) is 1.21. The second kappa shape index (κ2) is 3.42. The maximum absolute atomic E-state index is 5.27. The maximum Gasteiger partial charge on any atom is 0.119 e. The van der Waals surface area contributed by atoms with Crippen molar-refractivity contribution in [3.8, 4) is 5.75 Å². The van der Waals surface area contributed by atoms with Gasteiger partial charge in [-0.3, -0.25) is 0 Å². The first-order valence-electron chi connectivity index (χ1n) is 5.53. The average molecular weight is 204 g/mol. The Bertz CT molecular complexity index is 378. The predicted octanol–water partition coefficient (Wildman–Crippen LogP) is 1.57. The smallest absolute Gasteiger partial charge is 0.119 e. The van der Waals surface area contributed by atoms with E-state index in [-0.39, 0.29) is 0 Å². The van der Waals surface area contributed by atoms with Crippen LogP contribution in [0, 0.1) is 0 Å². The molecule has 1 aromatic carbocycles. The van der Waals surface area contributed by atoms with Crippen molar-refractivity contribution >= 4 is 5.69 Å². The van der Waals surface area contributed by atoms with E-state index in [2.05, 4.69) is 22.8 Å². The van der Waals surface area contributed by atoms with Crippen LogP contribution >= 0.6 is 0 Å². The van der Waals surface area contributed by atoms with E-state index in [1.807, 2.05) is 6.07 Å². The van der Waals surface area contributed by atoms with Crippen LogP contribution in [0.25, 0.3) is 0 Å². The van der Waals surface area contributed by atoms with Gasteiger partial charge in [0.2, 0.25) is 0 Å². The summed E-state index contributed by atoms with van der Waals surface area (Å²) < 4.78 is 5.27. The highest BCUT2D eigenvalue weighted by Crippen LogP contribution is 2.39. The number of benzene rings is 1. The molecule has 0 aliphatic carbocycles. The van der Waals surface area contributed by atoms with Crippen LogP contribution < -0.4 is 15.4 Å². The number of ether oxygens (including phenoxy) is 1. The fraction of sp³-hybridized carbons (Fsp3) is 0.500. The van der Waals surface area contributed by atoms with E-state index >= 15 is 0 Å². The van der Waals surface area contributed by atoms with Crippen LogP contribution in [-0.4, -0.2) is 26.2 Å². The molecule has 0 spiro atoms. The zero-order valence-corrected chi connectivity index (χ0v) is 8.92. The molecule has 15 heavy (non-hydrogen) atoms. The largest absolute Gasteiger partial charge is 0.497 e. The zero-order valence-electron chi connectivity index (χ0n) is 8.92. The van der Waals surface area contributed by atoms with E-state index in [1.165, 1.54) is 17.7 Å². The molecule has 2 aliphatic rings. The molecule has 2 atom stereocenters. The molecule has 0 aromatic heterocycles. The number of anilines is 1. The minimum Gasteiger partial charge on any atom is -0.497 e. The lowest BCUT2D eigenvalue weighted by Gasteiger charge is -2.26. The van der Waals surface area contributed by atoms with Crippen molar-refractivity contribution in [2.45, 2.75) is 18.4 Å². The normalized spacial score (nSPS) is 27.8. The van der Waals surface area contributed by atoms with Gasteiger partial charge < -0.3 is 15.4 Å². The highest BCUT2D eigenvalue weighted by Gasteiger charge is 2.33. The fourth-order valence-corrected chi connectivity index (χ4v) is 2.66. The lowest BCUT2D eigenvalue weighted by molar-refractivity contribution is 0.411. The first-order chi connectivity index (χ1) is 7.38. The third-order valence-electron chi connectivity index (χ3n) is 3.48. The number of fused-ring (bicyclic) bond motifs is 3. The van der Waals surface area contributed by atoms with Gasteiger partial charge in [0.25, 0.3) is 0 Å². The topological polar surface area (TPSA) is 33.3 Å². The third-order valence-corrected chi connectivity index (χ3v) is 3.48. The number of rotatable bonds is 1. The summed E-state index contributed by atoms with van der Waals surface area (Å²) in [6, 6.07) is 6.94. The van der Waals surface area contributed by atoms with Crippen molar-refractivity contribution in [2.75, 3.05) is 25.5 Å². The molecule has 0 radical (unpaired) electrons. The highest BCUT2D eigenvalue weighted by atomic mass is 16.5. The SMILES string of the molecule is COc1ccc2c(c1)[C@@H]1CNCC[C@@H]1N2. The van der Waals surface area contributed by atoms with E-state index in [1.54, 1.807) is 7.11 Å². The Labute approximate surface area is 89.8 Å². The molecule has 1 fully saturated rings. The Morgan fingerprint density at radius 2 is 2.33 bits per heavy atom. The van der Waals surface area contributed by atoms with Crippen LogP contribution in [0.2, 0.25) is 0 Å². The number of hydrogen-bond donors (Lipinski definition) is 2. The minimum atomic E-state index is 0.615. The van der Waals surface area contributed by atoms with Crippen LogP contribution in [0.1, 0.15) is 17.9 Å². The van der Waals surface area contributed by atoms with Crippen LogP contribution in [0.3, 0.4) is 0 Å². The van der Waals surface area contributed by atoms with Gasteiger partial charge >= 0.3 is 0 Å². The maximum atomic E-state index is 5.27. The van der Waals surface area contributed by atoms with Crippen molar-refractivity contribution in [1.29, 1.82) is 0 Å². The van der Waals surface area contributed by atoms with Gasteiger partial charge in [0, 0.05) is 24.2 Å². The molecule has 1 aromatic rings. The first kappa shape index (κ1) is 9.04. The minimum absolute atomic E-state index is 0.615. The van der Waals surface area contributed by atoms with Gasteiger partial charge in [-0.25, -0.2) is 0 Å². The van der Waals surface area contributed by atoms with E-state index in [9.17, 15) is 0 Å². The van der Waals surface area contributed by atoms with Gasteiger partial charge in [-0.2, -0.15) is 0 Å². The van der Waals surface area contributed by atoms with Crippen LogP contribution in [0.4, 0.5) is 5.69 Å². The van der Waals surface area contributed by atoms with Crippen molar-refractivity contribution in [3.63, 3.8) is 0 Å². The van der Waals surface area contributed by atoms with Crippen molar-refractivity contribution in [3.05, 3.63) is 23.8 Å². The molecule has 80 valence electrons. The standard InChI is InChI=1S/C12H16N2O/c1-15-8-2-3-11-9(6-8)10-7-13-5-4-12(10)14-11/h2-3,6,10,12-14H,4-5,7H2,1H3/t10-,12-/m0/s1. The molecule has 0 unspecified atom stereocenters. The van der Waals surface area contributed by atoms with E-state index < -0.39 is 0 Å². The van der Waals surface area contributed by atoms with Gasteiger partial charge in [-0.1, -0.05) is 0 Å². The molecular weight excluding hydrogens is 188 g/mol. The molecule has 3 heteroatoms. The molecule has 0 bridgehead atoms. The predicted molar refractivity (Wildman–Crippen MR) is 60.6 cm³/mol. The van der Waals surface area contributed by atoms with E-state index in [0.717, 1.165) is 18.8 Å². The molecule has 0 amide bonds. The van der Waals surface area contributed by atoms with Gasteiger partial charge in [-0.05, 0) is 36.7 Å². The Balaban J connectivity index is 1.98. The van der Waals surface area contributed by atoms with Crippen molar-refractivity contribution < 1.29 is 4.74 Å². The molecule has 2 N–H and O–H groups in total. The molecule has 3 rings (SSSR count). The number of nitrogens with one attached hydrogen (secondary N) is 2. The van der Waals surface area contributed by atoms with Gasteiger partial charge in [0.1, 0.15) is 5.75 Å². The summed E-state index contributed by atoms with van der Waals surface area (Å²) in [4.78, 5) is 0. The van der Waals surface area contributed by atoms with Gasteiger partial charge in [-0.15, -0.1) is 0 Å². The molecule has 3 nitrogen and oxygen atoms in total. The molecule has 0 saturated carbocycles. The lowest BCUT2D eigenvalue weighted by Crippen LogP contribution is -2.38. The first-order valence-corrected chi connectivity index (χ1v) is 5.53. The Morgan fingerprint density at radius 1 is 1.40 bits per heavy atom. The molecular formula is C12H16N2O. The summed E-state index contributed by atoms with van der Waals surface area (Å²) in [6.45, 7) is 2.21. The molecule has 1 saturated heterocycles. The van der Waals surface area contributed by atoms with Crippen molar-refractivity contribution in [2.24, 2.45) is 0 Å². The summed E-state index contributed by atoms with van der Waals surface area (Å²) >= 11 is 0. The van der Waals surface area contributed by atoms with E-state index in [4.69, 9.17) is 4.74 Å². The number of piperidine rings is 1. The Kier molecular flexibility index (Phi) is 2.06. The average Bonchev–Trinajstić information content (AvgIpc) is 2.66. The van der Waals surface area contributed by atoms with Gasteiger partial charge in [0.05, 0.1) is 7.11 Å². The molecule has 2 heterocycles. The fourth-order valence-electron chi connectivity index (χ4n) is 2.66. The second-order valence-electron chi connectivity index (χ2n) is 4.30. The Morgan fingerprint density at radius 3 is 3.20 bits per heavy atom. The van der Waals surface area contributed by atoms with E-state index in [0.29, 0.717) is 12.0 Å². The van der Waals surface area contributed by atoms with Gasteiger partial charge in [0.15, 0.2) is 0 Å². The Hall–Kier alpha value is -1.22. The highest BCUT2D eigenvalue weighted by molar-refractivity contribution is 5.62. The van der Waals surface area contributed by atoms with Crippen LogP contribution in [0.15, 0.2) is 18.2 Å². The van der Waals surface area contributed by atoms with Crippen LogP contribution in [-0.2, 0) is 0 Å². The zero-order chi connectivity index (χ0) is 10.3. The quantitative estimate of drug-likeness (QED) is 0.728. The van der Waals surface area contributed by atoms with Crippen LogP contribution in [0.5, 0.6) is 5.75 Å². The monoisotopic (exact) mass is 204 g/mol.